The van der Waals surface area contributed by atoms with Crippen LogP contribution < -0.4 is 9.47 Å². The number of rotatable bonds is 6. The van der Waals surface area contributed by atoms with Gasteiger partial charge in [-0.1, -0.05) is 45.6 Å². The van der Waals surface area contributed by atoms with Crippen LogP contribution in [0.2, 0.25) is 0 Å². The van der Waals surface area contributed by atoms with Crippen LogP contribution >= 0.6 is 0 Å². The minimum atomic E-state index is 0.367. The number of benzene rings is 1. The molecule has 2 rings (SSSR count). The maximum absolute atomic E-state index is 5.42. The average Bonchev–Trinajstić information content (AvgIpc) is 2.77. The summed E-state index contributed by atoms with van der Waals surface area (Å²) in [5.41, 5.74) is 1.38. The molecule has 1 aromatic rings. The molecule has 0 unspecified atom stereocenters. The molecule has 0 radical (unpaired) electrons. The second kappa shape index (κ2) is 5.95. The quantitative estimate of drug-likeness (QED) is 0.735. The lowest BCUT2D eigenvalue weighted by Crippen LogP contribution is -2.04. The summed E-state index contributed by atoms with van der Waals surface area (Å²) >= 11 is 0. The molecule has 0 saturated heterocycles. The van der Waals surface area contributed by atoms with E-state index < -0.39 is 0 Å². The molecule has 2 heteroatoms. The fraction of sp³-hybridized carbons (Fsp3) is 0.600. The normalized spacial score (nSPS) is 13.4. The molecule has 1 heterocycles. The van der Waals surface area contributed by atoms with E-state index in [1.165, 1.54) is 37.7 Å². The highest BCUT2D eigenvalue weighted by Crippen LogP contribution is 2.33. The monoisotopic (exact) mass is 234 g/mol. The molecule has 0 aliphatic carbocycles. The molecule has 0 amide bonds. The van der Waals surface area contributed by atoms with Gasteiger partial charge in [0.15, 0.2) is 11.5 Å². The van der Waals surface area contributed by atoms with Crippen molar-refractivity contribution in [1.82, 2.24) is 0 Å². The Balaban J connectivity index is 2.01. The van der Waals surface area contributed by atoms with Crippen molar-refractivity contribution in [1.29, 1.82) is 0 Å². The minimum Gasteiger partial charge on any atom is -0.454 e. The molecule has 0 aromatic heterocycles. The molecule has 0 saturated carbocycles. The van der Waals surface area contributed by atoms with E-state index in [0.29, 0.717) is 6.79 Å². The van der Waals surface area contributed by atoms with Gasteiger partial charge < -0.3 is 9.47 Å². The maximum atomic E-state index is 5.42. The Bertz CT molecular complexity index is 354. The van der Waals surface area contributed by atoms with Crippen molar-refractivity contribution >= 4 is 0 Å². The van der Waals surface area contributed by atoms with Gasteiger partial charge in [-0.15, -0.1) is 0 Å². The third-order valence-corrected chi connectivity index (χ3v) is 3.36. The SMILES string of the molecule is CCCC(CCC)Cc1ccc2c(c1)OCO2. The molecule has 2 nitrogen and oxygen atoms in total. The van der Waals surface area contributed by atoms with E-state index in [-0.39, 0.29) is 0 Å². The van der Waals surface area contributed by atoms with Crippen molar-refractivity contribution in [3.05, 3.63) is 23.8 Å². The van der Waals surface area contributed by atoms with Gasteiger partial charge in [0.1, 0.15) is 0 Å². The van der Waals surface area contributed by atoms with Gasteiger partial charge in [-0.3, -0.25) is 0 Å². The lowest BCUT2D eigenvalue weighted by Gasteiger charge is -2.15. The summed E-state index contributed by atoms with van der Waals surface area (Å²) in [5, 5.41) is 0. The smallest absolute Gasteiger partial charge is 0.231 e. The Kier molecular flexibility index (Phi) is 4.29. The van der Waals surface area contributed by atoms with E-state index in [9.17, 15) is 0 Å². The zero-order valence-electron chi connectivity index (χ0n) is 10.9. The molecular weight excluding hydrogens is 212 g/mol. The van der Waals surface area contributed by atoms with E-state index >= 15 is 0 Å². The summed E-state index contributed by atoms with van der Waals surface area (Å²) in [6.07, 6.45) is 6.35. The van der Waals surface area contributed by atoms with Crippen LogP contribution in [0.25, 0.3) is 0 Å². The first-order valence-electron chi connectivity index (χ1n) is 6.72. The molecule has 0 N–H and O–H groups in total. The van der Waals surface area contributed by atoms with E-state index in [1.54, 1.807) is 0 Å². The van der Waals surface area contributed by atoms with Gasteiger partial charge in [-0.2, -0.15) is 0 Å². The maximum Gasteiger partial charge on any atom is 0.231 e. The van der Waals surface area contributed by atoms with Crippen molar-refractivity contribution in [2.24, 2.45) is 5.92 Å². The van der Waals surface area contributed by atoms with E-state index in [1.807, 2.05) is 6.07 Å². The van der Waals surface area contributed by atoms with Gasteiger partial charge in [0, 0.05) is 0 Å². The number of hydrogen-bond acceptors (Lipinski definition) is 2. The first kappa shape index (κ1) is 12.3. The molecular formula is C15H22O2. The fourth-order valence-electron chi connectivity index (χ4n) is 2.57. The zero-order valence-corrected chi connectivity index (χ0v) is 10.9. The van der Waals surface area contributed by atoms with Gasteiger partial charge >= 0.3 is 0 Å². The van der Waals surface area contributed by atoms with Gasteiger partial charge in [0.25, 0.3) is 0 Å². The summed E-state index contributed by atoms with van der Waals surface area (Å²) in [4.78, 5) is 0. The highest BCUT2D eigenvalue weighted by atomic mass is 16.7. The molecule has 0 spiro atoms. The number of fused-ring (bicyclic) bond motifs is 1. The first-order valence-corrected chi connectivity index (χ1v) is 6.72. The van der Waals surface area contributed by atoms with Crippen LogP contribution in [0.5, 0.6) is 11.5 Å². The second-order valence-corrected chi connectivity index (χ2v) is 4.84. The van der Waals surface area contributed by atoms with Crippen molar-refractivity contribution in [2.75, 3.05) is 6.79 Å². The Morgan fingerprint density at radius 1 is 1.06 bits per heavy atom. The fourth-order valence-corrected chi connectivity index (χ4v) is 2.57. The predicted molar refractivity (Wildman–Crippen MR) is 69.6 cm³/mol. The van der Waals surface area contributed by atoms with Crippen LogP contribution in [0.4, 0.5) is 0 Å². The van der Waals surface area contributed by atoms with Crippen molar-refractivity contribution < 1.29 is 9.47 Å². The van der Waals surface area contributed by atoms with Gasteiger partial charge in [-0.25, -0.2) is 0 Å². The molecule has 1 aliphatic heterocycles. The number of ether oxygens (including phenoxy) is 2. The van der Waals surface area contributed by atoms with Crippen LogP contribution in [0.1, 0.15) is 45.1 Å². The van der Waals surface area contributed by atoms with Crippen LogP contribution in [0.3, 0.4) is 0 Å². The Morgan fingerprint density at radius 2 is 1.76 bits per heavy atom. The highest BCUT2D eigenvalue weighted by Gasteiger charge is 2.15. The average molecular weight is 234 g/mol. The summed E-state index contributed by atoms with van der Waals surface area (Å²) in [7, 11) is 0. The summed E-state index contributed by atoms with van der Waals surface area (Å²) in [6.45, 7) is 4.90. The summed E-state index contributed by atoms with van der Waals surface area (Å²) in [6, 6.07) is 6.35. The molecule has 1 aromatic carbocycles. The van der Waals surface area contributed by atoms with E-state index in [0.717, 1.165) is 17.4 Å². The van der Waals surface area contributed by atoms with E-state index in [4.69, 9.17) is 9.47 Å². The van der Waals surface area contributed by atoms with Crippen LogP contribution in [0, 0.1) is 5.92 Å². The van der Waals surface area contributed by atoms with Gasteiger partial charge in [0.05, 0.1) is 0 Å². The zero-order chi connectivity index (χ0) is 12.1. The summed E-state index contributed by atoms with van der Waals surface area (Å²) in [5.74, 6) is 2.61. The van der Waals surface area contributed by atoms with Gasteiger partial charge in [0.2, 0.25) is 6.79 Å². The third kappa shape index (κ3) is 3.15. The third-order valence-electron chi connectivity index (χ3n) is 3.36. The van der Waals surface area contributed by atoms with Crippen molar-refractivity contribution in [3.8, 4) is 11.5 Å². The largest absolute Gasteiger partial charge is 0.454 e. The lowest BCUT2D eigenvalue weighted by atomic mass is 9.91. The first-order chi connectivity index (χ1) is 8.33. The highest BCUT2D eigenvalue weighted by molar-refractivity contribution is 5.44. The Hall–Kier alpha value is -1.18. The molecule has 94 valence electrons. The molecule has 0 bridgehead atoms. The van der Waals surface area contributed by atoms with Gasteiger partial charge in [-0.05, 0) is 30.0 Å². The molecule has 0 fully saturated rings. The topological polar surface area (TPSA) is 18.5 Å². The van der Waals surface area contributed by atoms with Crippen molar-refractivity contribution in [3.63, 3.8) is 0 Å². The van der Waals surface area contributed by atoms with Crippen LogP contribution in [-0.2, 0) is 6.42 Å². The van der Waals surface area contributed by atoms with Crippen molar-refractivity contribution in [2.45, 2.75) is 46.0 Å². The molecule has 17 heavy (non-hydrogen) atoms. The predicted octanol–water partition coefficient (Wildman–Crippen LogP) is 4.17. The number of hydrogen-bond donors (Lipinski definition) is 0. The standard InChI is InChI=1S/C15H22O2/c1-3-5-12(6-4-2)9-13-7-8-14-15(10-13)17-11-16-14/h7-8,10,12H,3-6,9,11H2,1-2H3. The lowest BCUT2D eigenvalue weighted by molar-refractivity contribution is 0.174. The molecule has 1 aliphatic rings. The Morgan fingerprint density at radius 3 is 2.47 bits per heavy atom. The summed E-state index contributed by atoms with van der Waals surface area (Å²) < 4.78 is 10.7. The van der Waals surface area contributed by atoms with E-state index in [2.05, 4.69) is 26.0 Å². The van der Waals surface area contributed by atoms with Crippen LogP contribution in [-0.4, -0.2) is 6.79 Å². The second-order valence-electron chi connectivity index (χ2n) is 4.84. The van der Waals surface area contributed by atoms with Crippen LogP contribution in [0.15, 0.2) is 18.2 Å². The Labute approximate surface area is 104 Å². The minimum absolute atomic E-state index is 0.367. The molecule has 0 atom stereocenters.